The van der Waals surface area contributed by atoms with Gasteiger partial charge in [-0.1, -0.05) is 42.5 Å². The molecule has 4 rings (SSSR count). The molecule has 0 aliphatic heterocycles. The number of aromatic nitrogens is 2. The first-order valence-electron chi connectivity index (χ1n) is 12.5. The van der Waals surface area contributed by atoms with Crippen molar-refractivity contribution >= 4 is 29.1 Å². The van der Waals surface area contributed by atoms with E-state index in [2.05, 4.69) is 20.9 Å². The lowest BCUT2D eigenvalue weighted by molar-refractivity contribution is 0.0933. The number of nitrogens with zero attached hydrogens (tertiary/aromatic N) is 2. The van der Waals surface area contributed by atoms with Crippen molar-refractivity contribution in [2.24, 2.45) is 0 Å². The maximum absolute atomic E-state index is 13.9. The fourth-order valence-corrected chi connectivity index (χ4v) is 4.32. The lowest BCUT2D eigenvalue weighted by Crippen LogP contribution is -2.44. The van der Waals surface area contributed by atoms with Gasteiger partial charge in [-0.3, -0.25) is 4.79 Å². The van der Waals surface area contributed by atoms with E-state index in [-0.39, 0.29) is 25.3 Å². The highest BCUT2D eigenvalue weighted by Crippen LogP contribution is 2.27. The Balaban J connectivity index is 1.62. The standard InChI is InChI=1S/C28H27F2N5O5/c29-21-10-8-18(13-22(21)30)19-9-11-23-24(14-19)35(16-17-5-2-1-3-6-17)25(34-23)26(36)32-15-20(33-28(39)40)7-4-12-31-27(37)38/h1-3,5-6,8-11,13-14,20,31,33H,4,7,12,15-16H2,(H,32,36)(H,37,38)(H,39,40)/t20-/m0/s1. The Labute approximate surface area is 227 Å². The van der Waals surface area contributed by atoms with Gasteiger partial charge in [0, 0.05) is 25.7 Å². The Hall–Kier alpha value is -5.00. The quantitative estimate of drug-likeness (QED) is 0.174. The van der Waals surface area contributed by atoms with E-state index in [1.54, 1.807) is 22.8 Å². The van der Waals surface area contributed by atoms with Crippen LogP contribution in [0.5, 0.6) is 0 Å². The molecular weight excluding hydrogens is 524 g/mol. The number of rotatable bonds is 11. The first-order chi connectivity index (χ1) is 19.2. The lowest BCUT2D eigenvalue weighted by Gasteiger charge is -2.18. The molecule has 0 fully saturated rings. The van der Waals surface area contributed by atoms with Gasteiger partial charge in [0.05, 0.1) is 11.0 Å². The highest BCUT2D eigenvalue weighted by molar-refractivity contribution is 5.95. The molecule has 1 aromatic heterocycles. The number of hydrogen-bond donors (Lipinski definition) is 5. The van der Waals surface area contributed by atoms with Crippen LogP contribution in [0.15, 0.2) is 66.7 Å². The first kappa shape index (κ1) is 28.0. The summed E-state index contributed by atoms with van der Waals surface area (Å²) in [5.74, 6) is -2.38. The van der Waals surface area contributed by atoms with E-state index >= 15 is 0 Å². The van der Waals surface area contributed by atoms with E-state index in [1.165, 1.54) is 6.07 Å². The summed E-state index contributed by atoms with van der Waals surface area (Å²) >= 11 is 0. The van der Waals surface area contributed by atoms with E-state index in [1.807, 2.05) is 30.3 Å². The fourth-order valence-electron chi connectivity index (χ4n) is 4.32. The highest BCUT2D eigenvalue weighted by atomic mass is 19.2. The van der Waals surface area contributed by atoms with Gasteiger partial charge in [0.2, 0.25) is 0 Å². The minimum absolute atomic E-state index is 0.0488. The normalized spacial score (nSPS) is 11.7. The van der Waals surface area contributed by atoms with Crippen molar-refractivity contribution in [3.05, 3.63) is 89.8 Å². The number of carboxylic acid groups (broad SMARTS) is 2. The van der Waals surface area contributed by atoms with Crippen molar-refractivity contribution in [3.63, 3.8) is 0 Å². The molecule has 12 heteroatoms. The third-order valence-corrected chi connectivity index (χ3v) is 6.23. The average Bonchev–Trinajstić information content (AvgIpc) is 3.28. The zero-order valence-electron chi connectivity index (χ0n) is 21.2. The number of hydrogen-bond acceptors (Lipinski definition) is 4. The molecule has 1 atom stereocenters. The van der Waals surface area contributed by atoms with Gasteiger partial charge in [-0.25, -0.2) is 23.4 Å². The molecular formula is C28H27F2N5O5. The summed E-state index contributed by atoms with van der Waals surface area (Å²) in [7, 11) is 0. The van der Waals surface area contributed by atoms with Crippen LogP contribution in [0.3, 0.4) is 0 Å². The van der Waals surface area contributed by atoms with Crippen LogP contribution < -0.4 is 16.0 Å². The zero-order valence-corrected chi connectivity index (χ0v) is 21.2. The molecule has 208 valence electrons. The van der Waals surface area contributed by atoms with E-state index in [9.17, 15) is 28.3 Å². The second-order valence-electron chi connectivity index (χ2n) is 9.07. The number of nitrogens with one attached hydrogen (secondary N) is 3. The molecule has 0 radical (unpaired) electrons. The number of benzene rings is 3. The maximum atomic E-state index is 13.9. The van der Waals surface area contributed by atoms with Gasteiger partial charge in [-0.05, 0) is 53.8 Å². The van der Waals surface area contributed by atoms with Crippen LogP contribution in [0.25, 0.3) is 22.2 Å². The number of amides is 3. The topological polar surface area (TPSA) is 146 Å². The van der Waals surface area contributed by atoms with Gasteiger partial charge < -0.3 is 30.7 Å². The van der Waals surface area contributed by atoms with Crippen LogP contribution in [-0.2, 0) is 6.54 Å². The number of fused-ring (bicyclic) bond motifs is 1. The van der Waals surface area contributed by atoms with Crippen LogP contribution in [-0.4, -0.2) is 57.0 Å². The summed E-state index contributed by atoms with van der Waals surface area (Å²) in [4.78, 5) is 39.7. The number of carbonyl (C=O) groups excluding carboxylic acids is 1. The third-order valence-electron chi connectivity index (χ3n) is 6.23. The Morgan fingerprint density at radius 3 is 2.30 bits per heavy atom. The summed E-state index contributed by atoms with van der Waals surface area (Å²) in [5.41, 5.74) is 3.06. The lowest BCUT2D eigenvalue weighted by atomic mass is 10.0. The Morgan fingerprint density at radius 2 is 1.60 bits per heavy atom. The molecule has 3 aromatic carbocycles. The highest BCUT2D eigenvalue weighted by Gasteiger charge is 2.21. The molecule has 40 heavy (non-hydrogen) atoms. The number of imidazole rings is 1. The minimum atomic E-state index is -1.27. The Kier molecular flexibility index (Phi) is 8.89. The molecule has 10 nitrogen and oxygen atoms in total. The summed E-state index contributed by atoms with van der Waals surface area (Å²) in [6.07, 6.45) is -1.82. The molecule has 5 N–H and O–H groups in total. The van der Waals surface area contributed by atoms with E-state index in [0.717, 1.165) is 17.7 Å². The number of carbonyl (C=O) groups is 3. The van der Waals surface area contributed by atoms with Crippen LogP contribution in [0.2, 0.25) is 0 Å². The third kappa shape index (κ3) is 7.10. The smallest absolute Gasteiger partial charge is 0.404 e. The van der Waals surface area contributed by atoms with E-state index < -0.39 is 35.8 Å². The zero-order chi connectivity index (χ0) is 28.6. The number of halogens is 2. The summed E-state index contributed by atoms with van der Waals surface area (Å²) in [5, 5.41) is 25.1. The molecule has 0 saturated heterocycles. The maximum Gasteiger partial charge on any atom is 0.404 e. The molecule has 0 spiro atoms. The van der Waals surface area contributed by atoms with Crippen LogP contribution in [0.4, 0.5) is 18.4 Å². The molecule has 0 bridgehead atoms. The molecule has 4 aromatic rings. The predicted octanol–water partition coefficient (Wildman–Crippen LogP) is 4.44. The van der Waals surface area contributed by atoms with Crippen molar-refractivity contribution in [2.75, 3.05) is 13.1 Å². The summed E-state index contributed by atoms with van der Waals surface area (Å²) in [6, 6.07) is 17.5. The second kappa shape index (κ2) is 12.7. The molecule has 3 amide bonds. The van der Waals surface area contributed by atoms with Crippen molar-refractivity contribution in [2.45, 2.75) is 25.4 Å². The minimum Gasteiger partial charge on any atom is -0.465 e. The molecule has 1 heterocycles. The van der Waals surface area contributed by atoms with Crippen molar-refractivity contribution < 1.29 is 33.4 Å². The van der Waals surface area contributed by atoms with Crippen molar-refractivity contribution in [1.29, 1.82) is 0 Å². The fraction of sp³-hybridized carbons (Fsp3) is 0.214. The second-order valence-corrected chi connectivity index (χ2v) is 9.07. The molecule has 0 unspecified atom stereocenters. The van der Waals surface area contributed by atoms with Gasteiger partial charge in [0.1, 0.15) is 0 Å². The van der Waals surface area contributed by atoms with Gasteiger partial charge in [-0.15, -0.1) is 0 Å². The van der Waals surface area contributed by atoms with E-state index in [0.29, 0.717) is 35.1 Å². The monoisotopic (exact) mass is 551 g/mol. The van der Waals surface area contributed by atoms with Crippen molar-refractivity contribution in [1.82, 2.24) is 25.5 Å². The van der Waals surface area contributed by atoms with Crippen molar-refractivity contribution in [3.8, 4) is 11.1 Å². The SMILES string of the molecule is O=C(O)NCCC[C@@H](CNC(=O)c1nc2ccc(-c3ccc(F)c(F)c3)cc2n1Cc1ccccc1)NC(=O)O. The summed E-state index contributed by atoms with van der Waals surface area (Å²) < 4.78 is 29.1. The van der Waals surface area contributed by atoms with E-state index in [4.69, 9.17) is 5.11 Å². The largest absolute Gasteiger partial charge is 0.465 e. The molecule has 0 aliphatic rings. The van der Waals surface area contributed by atoms with Gasteiger partial charge in [0.25, 0.3) is 5.91 Å². The van der Waals surface area contributed by atoms with Crippen LogP contribution >= 0.6 is 0 Å². The molecule has 0 aliphatic carbocycles. The summed E-state index contributed by atoms with van der Waals surface area (Å²) in [6.45, 7) is 0.375. The molecule has 0 saturated carbocycles. The van der Waals surface area contributed by atoms with Gasteiger partial charge in [0.15, 0.2) is 17.5 Å². The van der Waals surface area contributed by atoms with Crippen LogP contribution in [0, 0.1) is 11.6 Å². The van der Waals surface area contributed by atoms with Gasteiger partial charge >= 0.3 is 12.2 Å². The predicted molar refractivity (Wildman–Crippen MR) is 143 cm³/mol. The average molecular weight is 552 g/mol. The Morgan fingerprint density at radius 1 is 0.875 bits per heavy atom. The Bertz CT molecular complexity index is 1530. The van der Waals surface area contributed by atoms with Crippen LogP contribution in [0.1, 0.15) is 29.0 Å². The van der Waals surface area contributed by atoms with Gasteiger partial charge in [-0.2, -0.15) is 0 Å². The first-order valence-corrected chi connectivity index (χ1v) is 12.5.